The lowest BCUT2D eigenvalue weighted by Gasteiger charge is -2.20. The Morgan fingerprint density at radius 2 is 1.75 bits per heavy atom. The molecule has 1 aliphatic heterocycles. The van der Waals surface area contributed by atoms with E-state index in [2.05, 4.69) is 4.98 Å². The third-order valence-electron chi connectivity index (χ3n) is 5.63. The molecule has 0 aliphatic carbocycles. The molecule has 0 unspecified atom stereocenters. The zero-order valence-corrected chi connectivity index (χ0v) is 17.7. The normalized spacial score (nSPS) is 12.5. The molecule has 0 N–H and O–H groups in total. The summed E-state index contributed by atoms with van der Waals surface area (Å²) in [6, 6.07) is 11.5. The third kappa shape index (κ3) is 3.03. The minimum atomic E-state index is -0.466. The van der Waals surface area contributed by atoms with Crippen molar-refractivity contribution in [2.45, 2.75) is 6.54 Å². The van der Waals surface area contributed by atoms with Crippen LogP contribution in [0.15, 0.2) is 52.1 Å². The Bertz CT molecular complexity index is 1470. The number of hydrogen-bond acceptors (Lipinski definition) is 6. The van der Waals surface area contributed by atoms with Gasteiger partial charge < -0.3 is 14.4 Å². The molecule has 0 amide bonds. The van der Waals surface area contributed by atoms with Gasteiger partial charge in [-0.15, -0.1) is 0 Å². The summed E-state index contributed by atoms with van der Waals surface area (Å²) in [6.07, 6.45) is 0. The number of anilines is 2. The van der Waals surface area contributed by atoms with Crippen molar-refractivity contribution in [3.8, 4) is 11.5 Å². The van der Waals surface area contributed by atoms with Crippen LogP contribution >= 0.6 is 0 Å². The highest BCUT2D eigenvalue weighted by atomic mass is 19.1. The molecular weight excluding hydrogens is 417 g/mol. The molecule has 0 atom stereocenters. The Balaban J connectivity index is 1.73. The maximum absolute atomic E-state index is 13.4. The summed E-state index contributed by atoms with van der Waals surface area (Å²) in [4.78, 5) is 32.0. The van der Waals surface area contributed by atoms with E-state index < -0.39 is 11.2 Å². The van der Waals surface area contributed by atoms with E-state index in [1.165, 1.54) is 23.7 Å². The van der Waals surface area contributed by atoms with Gasteiger partial charge in [0.1, 0.15) is 5.82 Å². The number of aryl methyl sites for hydroxylation is 1. The zero-order valence-electron chi connectivity index (χ0n) is 17.7. The van der Waals surface area contributed by atoms with Gasteiger partial charge in [0.05, 0.1) is 6.54 Å². The van der Waals surface area contributed by atoms with Crippen LogP contribution < -0.4 is 25.6 Å². The number of imidazole rings is 1. The molecule has 2 aromatic heterocycles. The van der Waals surface area contributed by atoms with Crippen molar-refractivity contribution in [1.29, 1.82) is 0 Å². The second-order valence-electron chi connectivity index (χ2n) is 7.60. The molecule has 3 heterocycles. The highest BCUT2D eigenvalue weighted by molar-refractivity contribution is 5.77. The topological polar surface area (TPSA) is 83.5 Å². The van der Waals surface area contributed by atoms with Crippen molar-refractivity contribution in [2.24, 2.45) is 14.1 Å². The summed E-state index contributed by atoms with van der Waals surface area (Å²) < 4.78 is 28.4. The fraction of sp³-hybridized carbons (Fsp3) is 0.227. The van der Waals surface area contributed by atoms with Crippen molar-refractivity contribution in [1.82, 2.24) is 18.7 Å². The predicted octanol–water partition coefficient (Wildman–Crippen LogP) is 2.12. The van der Waals surface area contributed by atoms with Gasteiger partial charge in [0, 0.05) is 32.9 Å². The molecule has 10 heteroatoms. The van der Waals surface area contributed by atoms with Gasteiger partial charge in [-0.25, -0.2) is 9.18 Å². The summed E-state index contributed by atoms with van der Waals surface area (Å²) in [6.45, 7) is 0.415. The van der Waals surface area contributed by atoms with Crippen molar-refractivity contribution in [3.63, 3.8) is 0 Å². The van der Waals surface area contributed by atoms with Crippen LogP contribution in [0.1, 0.15) is 5.56 Å². The van der Waals surface area contributed by atoms with Crippen LogP contribution in [0, 0.1) is 5.82 Å². The van der Waals surface area contributed by atoms with Gasteiger partial charge in [-0.3, -0.25) is 18.5 Å². The second kappa shape index (κ2) is 7.26. The van der Waals surface area contributed by atoms with Gasteiger partial charge >= 0.3 is 5.69 Å². The highest BCUT2D eigenvalue weighted by Crippen LogP contribution is 2.37. The van der Waals surface area contributed by atoms with E-state index in [9.17, 15) is 14.0 Å². The monoisotopic (exact) mass is 437 g/mol. The number of hydrogen-bond donors (Lipinski definition) is 0. The maximum Gasteiger partial charge on any atom is 0.332 e. The van der Waals surface area contributed by atoms with E-state index in [0.29, 0.717) is 17.4 Å². The molecule has 2 aromatic carbocycles. The van der Waals surface area contributed by atoms with E-state index in [-0.39, 0.29) is 30.3 Å². The minimum absolute atomic E-state index is 0.156. The van der Waals surface area contributed by atoms with Gasteiger partial charge in [0.25, 0.3) is 5.56 Å². The first-order chi connectivity index (χ1) is 15.3. The summed E-state index contributed by atoms with van der Waals surface area (Å²) in [5, 5.41) is 0. The Hall–Kier alpha value is -4.08. The van der Waals surface area contributed by atoms with Crippen LogP contribution in [0.5, 0.6) is 11.5 Å². The smallest absolute Gasteiger partial charge is 0.332 e. The first-order valence-electron chi connectivity index (χ1n) is 9.89. The highest BCUT2D eigenvalue weighted by Gasteiger charge is 2.23. The largest absolute Gasteiger partial charge is 0.454 e. The van der Waals surface area contributed by atoms with Crippen LogP contribution in [0.2, 0.25) is 0 Å². The van der Waals surface area contributed by atoms with Gasteiger partial charge in [0.15, 0.2) is 22.7 Å². The predicted molar refractivity (Wildman–Crippen MR) is 116 cm³/mol. The summed E-state index contributed by atoms with van der Waals surface area (Å²) in [7, 11) is 4.81. The van der Waals surface area contributed by atoms with E-state index in [0.717, 1.165) is 15.8 Å². The molecule has 0 saturated heterocycles. The lowest BCUT2D eigenvalue weighted by Crippen LogP contribution is -2.37. The number of nitrogens with zero attached hydrogens (tertiary/aromatic N) is 5. The molecule has 1 aliphatic rings. The molecule has 0 saturated carbocycles. The lowest BCUT2D eigenvalue weighted by atomic mass is 10.2. The van der Waals surface area contributed by atoms with Gasteiger partial charge in [0.2, 0.25) is 12.7 Å². The molecule has 164 valence electrons. The summed E-state index contributed by atoms with van der Waals surface area (Å²) in [5.41, 5.74) is 1.16. The molecule has 0 spiro atoms. The number of rotatable bonds is 4. The zero-order chi connectivity index (χ0) is 22.6. The molecule has 32 heavy (non-hydrogen) atoms. The number of aromatic nitrogens is 4. The SMILES string of the molecule is CN(c1ccc2c(c1)OCO2)c1nc2c(c(=O)n(C)c(=O)n2C)n1Cc1ccc(F)cc1. The van der Waals surface area contributed by atoms with E-state index >= 15 is 0 Å². The van der Waals surface area contributed by atoms with Crippen molar-refractivity contribution >= 4 is 22.8 Å². The van der Waals surface area contributed by atoms with Crippen LogP contribution in [0.25, 0.3) is 11.2 Å². The summed E-state index contributed by atoms with van der Waals surface area (Å²) in [5.74, 6) is 1.36. The number of benzene rings is 2. The molecule has 0 radical (unpaired) electrons. The Morgan fingerprint density at radius 1 is 1.03 bits per heavy atom. The van der Waals surface area contributed by atoms with Gasteiger partial charge in [-0.1, -0.05) is 12.1 Å². The number of ether oxygens (including phenoxy) is 2. The van der Waals surface area contributed by atoms with Crippen LogP contribution in [0.3, 0.4) is 0 Å². The molecule has 4 aromatic rings. The summed E-state index contributed by atoms with van der Waals surface area (Å²) >= 11 is 0. The number of fused-ring (bicyclic) bond motifs is 2. The lowest BCUT2D eigenvalue weighted by molar-refractivity contribution is 0.174. The average Bonchev–Trinajstić information content (AvgIpc) is 3.41. The molecule has 5 rings (SSSR count). The Morgan fingerprint density at radius 3 is 2.50 bits per heavy atom. The van der Waals surface area contributed by atoms with Gasteiger partial charge in [-0.05, 0) is 29.8 Å². The minimum Gasteiger partial charge on any atom is -0.454 e. The van der Waals surface area contributed by atoms with Crippen LogP contribution in [-0.4, -0.2) is 32.5 Å². The van der Waals surface area contributed by atoms with E-state index in [1.54, 1.807) is 34.7 Å². The average molecular weight is 437 g/mol. The maximum atomic E-state index is 13.4. The standard InChI is InChI=1S/C22H20FN5O4/c1-25(15-8-9-16-17(10-15)32-12-31-16)21-24-19-18(20(29)27(3)22(30)26(19)2)28(21)11-13-4-6-14(23)7-5-13/h4-10H,11-12H2,1-3H3. The quantitative estimate of drug-likeness (QED) is 0.486. The first kappa shape index (κ1) is 19.9. The van der Waals surface area contributed by atoms with Crippen molar-refractivity contribution in [2.75, 3.05) is 18.7 Å². The van der Waals surface area contributed by atoms with E-state index in [4.69, 9.17) is 9.47 Å². The van der Waals surface area contributed by atoms with E-state index in [1.807, 2.05) is 19.2 Å². The fourth-order valence-corrected chi connectivity index (χ4v) is 3.82. The fourth-order valence-electron chi connectivity index (χ4n) is 3.82. The Kier molecular flexibility index (Phi) is 4.50. The van der Waals surface area contributed by atoms with Crippen molar-refractivity contribution in [3.05, 3.63) is 74.7 Å². The molecular formula is C22H20FN5O4. The molecule has 0 bridgehead atoms. The third-order valence-corrected chi connectivity index (χ3v) is 5.63. The number of halogens is 1. The van der Waals surface area contributed by atoms with Gasteiger partial charge in [-0.2, -0.15) is 4.98 Å². The Labute approximate surface area is 181 Å². The first-order valence-corrected chi connectivity index (χ1v) is 9.89. The van der Waals surface area contributed by atoms with Crippen LogP contribution in [-0.2, 0) is 20.6 Å². The second-order valence-corrected chi connectivity index (χ2v) is 7.60. The molecule has 0 fully saturated rings. The van der Waals surface area contributed by atoms with Crippen molar-refractivity contribution < 1.29 is 13.9 Å². The molecule has 9 nitrogen and oxygen atoms in total. The van der Waals surface area contributed by atoms with Crippen LogP contribution in [0.4, 0.5) is 16.0 Å².